The Kier molecular flexibility index (Phi) is 4.94. The molecule has 0 radical (unpaired) electrons. The lowest BCUT2D eigenvalue weighted by atomic mass is 10.1. The number of benzene rings is 1. The number of aliphatic hydroxyl groups excluding tert-OH is 1. The third kappa shape index (κ3) is 4.17. The summed E-state index contributed by atoms with van der Waals surface area (Å²) < 4.78 is 49.4. The van der Waals surface area contributed by atoms with Gasteiger partial charge in [0.25, 0.3) is 0 Å². The Bertz CT molecular complexity index is 730. The van der Waals surface area contributed by atoms with E-state index in [2.05, 4.69) is 4.72 Å². The van der Waals surface area contributed by atoms with Crippen molar-refractivity contribution in [1.82, 2.24) is 4.72 Å². The van der Waals surface area contributed by atoms with Crippen molar-refractivity contribution in [3.8, 4) is 0 Å². The highest BCUT2D eigenvalue weighted by atomic mass is 35.5. The lowest BCUT2D eigenvalue weighted by molar-refractivity contribution is 0.281. The Labute approximate surface area is 129 Å². The molecule has 1 aliphatic rings. The highest BCUT2D eigenvalue weighted by molar-refractivity contribution is 7.91. The van der Waals surface area contributed by atoms with Gasteiger partial charge >= 0.3 is 0 Å². The van der Waals surface area contributed by atoms with Gasteiger partial charge in [-0.25, -0.2) is 21.6 Å². The van der Waals surface area contributed by atoms with Gasteiger partial charge in [-0.2, -0.15) is 0 Å². The molecule has 1 atom stereocenters. The maximum Gasteiger partial charge on any atom is 0.240 e. The Morgan fingerprint density at radius 3 is 2.67 bits per heavy atom. The summed E-state index contributed by atoms with van der Waals surface area (Å²) in [5.41, 5.74) is 0.322. The molecule has 2 rings (SSSR count). The van der Waals surface area contributed by atoms with Gasteiger partial charge in [-0.3, -0.25) is 0 Å². The summed E-state index contributed by atoms with van der Waals surface area (Å²) in [6, 6.07) is 4.05. The number of nitrogens with one attached hydrogen (secondary N) is 1. The molecule has 21 heavy (non-hydrogen) atoms. The summed E-state index contributed by atoms with van der Waals surface area (Å²) in [4.78, 5) is -0.00296. The normalized spacial score (nSPS) is 21.5. The number of sulfone groups is 1. The van der Waals surface area contributed by atoms with Crippen molar-refractivity contribution in [2.45, 2.75) is 17.9 Å². The summed E-state index contributed by atoms with van der Waals surface area (Å²) in [5, 5.41) is 9.39. The molecule has 118 valence electrons. The first kappa shape index (κ1) is 16.7. The van der Waals surface area contributed by atoms with E-state index in [9.17, 15) is 16.8 Å². The van der Waals surface area contributed by atoms with Crippen molar-refractivity contribution in [2.75, 3.05) is 18.1 Å². The van der Waals surface area contributed by atoms with Gasteiger partial charge < -0.3 is 5.11 Å². The zero-order chi connectivity index (χ0) is 15.7. The standard InChI is InChI=1S/C12H16ClNO5S2/c13-12-2-1-11(5-10(12)7-15)21(18,19)14-6-9-3-4-20(16,17)8-9/h1-2,5,9,14-15H,3-4,6-8H2. The summed E-state index contributed by atoms with van der Waals surface area (Å²) >= 11 is 5.82. The fourth-order valence-electron chi connectivity index (χ4n) is 2.18. The minimum Gasteiger partial charge on any atom is -0.392 e. The SMILES string of the molecule is O=S1(=O)CCC(CNS(=O)(=O)c2ccc(Cl)c(CO)c2)C1. The van der Waals surface area contributed by atoms with E-state index in [-0.39, 0.29) is 35.5 Å². The molecule has 9 heteroatoms. The van der Waals surface area contributed by atoms with Crippen LogP contribution >= 0.6 is 11.6 Å². The molecular formula is C12H16ClNO5S2. The van der Waals surface area contributed by atoms with E-state index in [0.29, 0.717) is 17.0 Å². The smallest absolute Gasteiger partial charge is 0.240 e. The zero-order valence-electron chi connectivity index (χ0n) is 11.1. The Morgan fingerprint density at radius 2 is 2.10 bits per heavy atom. The molecule has 0 aliphatic carbocycles. The van der Waals surface area contributed by atoms with Crippen molar-refractivity contribution in [1.29, 1.82) is 0 Å². The molecule has 1 aliphatic heterocycles. The van der Waals surface area contributed by atoms with Crippen molar-refractivity contribution >= 4 is 31.5 Å². The van der Waals surface area contributed by atoms with E-state index < -0.39 is 19.9 Å². The van der Waals surface area contributed by atoms with E-state index in [0.717, 1.165) is 0 Å². The molecule has 0 aromatic heterocycles. The van der Waals surface area contributed by atoms with E-state index in [4.69, 9.17) is 16.7 Å². The molecule has 1 aromatic carbocycles. The molecule has 1 aromatic rings. The average molecular weight is 354 g/mol. The number of hydrogen-bond acceptors (Lipinski definition) is 5. The second-order valence-electron chi connectivity index (χ2n) is 5.03. The molecule has 6 nitrogen and oxygen atoms in total. The molecule has 0 spiro atoms. The summed E-state index contributed by atoms with van der Waals surface area (Å²) in [5.74, 6) is -0.0816. The second kappa shape index (κ2) is 6.21. The van der Waals surface area contributed by atoms with Crippen LogP contribution in [0.5, 0.6) is 0 Å². The Morgan fingerprint density at radius 1 is 1.38 bits per heavy atom. The maximum absolute atomic E-state index is 12.1. The van der Waals surface area contributed by atoms with Gasteiger partial charge in [-0.15, -0.1) is 0 Å². The lowest BCUT2D eigenvalue weighted by Gasteiger charge is -2.11. The predicted molar refractivity (Wildman–Crippen MR) is 79.3 cm³/mol. The molecule has 1 heterocycles. The van der Waals surface area contributed by atoms with Gasteiger partial charge in [-0.05, 0) is 36.1 Å². The van der Waals surface area contributed by atoms with Gasteiger partial charge in [0, 0.05) is 11.6 Å². The van der Waals surface area contributed by atoms with Crippen molar-refractivity contribution in [2.24, 2.45) is 5.92 Å². The Balaban J connectivity index is 2.09. The number of halogens is 1. The van der Waals surface area contributed by atoms with Crippen LogP contribution in [0.1, 0.15) is 12.0 Å². The molecular weight excluding hydrogens is 338 g/mol. The maximum atomic E-state index is 12.1. The number of rotatable bonds is 5. The van der Waals surface area contributed by atoms with Gasteiger partial charge in [0.1, 0.15) is 0 Å². The van der Waals surface area contributed by atoms with E-state index >= 15 is 0 Å². The number of sulfonamides is 1. The largest absolute Gasteiger partial charge is 0.392 e. The topological polar surface area (TPSA) is 101 Å². The lowest BCUT2D eigenvalue weighted by Crippen LogP contribution is -2.30. The summed E-state index contributed by atoms with van der Waals surface area (Å²) in [6.07, 6.45) is 0.466. The van der Waals surface area contributed by atoms with Crippen LogP contribution in [0.15, 0.2) is 23.1 Å². The summed E-state index contributed by atoms with van der Waals surface area (Å²) in [7, 11) is -6.78. The van der Waals surface area contributed by atoms with Gasteiger partial charge in [0.2, 0.25) is 10.0 Å². The van der Waals surface area contributed by atoms with Crippen LogP contribution in [0.3, 0.4) is 0 Å². The minimum absolute atomic E-state index is 0.00296. The first-order chi connectivity index (χ1) is 9.73. The first-order valence-corrected chi connectivity index (χ1v) is 10.0. The van der Waals surface area contributed by atoms with Crippen LogP contribution in [-0.2, 0) is 26.5 Å². The van der Waals surface area contributed by atoms with E-state index in [1.54, 1.807) is 0 Å². The summed E-state index contributed by atoms with van der Waals surface area (Å²) in [6.45, 7) is -0.276. The highest BCUT2D eigenvalue weighted by Crippen LogP contribution is 2.21. The van der Waals surface area contributed by atoms with Crippen LogP contribution in [0.4, 0.5) is 0 Å². The van der Waals surface area contributed by atoms with Crippen molar-refractivity contribution < 1.29 is 21.9 Å². The monoisotopic (exact) mass is 353 g/mol. The van der Waals surface area contributed by atoms with Crippen molar-refractivity contribution in [3.63, 3.8) is 0 Å². The number of aliphatic hydroxyl groups is 1. The molecule has 0 bridgehead atoms. The second-order valence-corrected chi connectivity index (χ2v) is 9.44. The third-order valence-electron chi connectivity index (χ3n) is 3.39. The molecule has 2 N–H and O–H groups in total. The average Bonchev–Trinajstić information content (AvgIpc) is 2.76. The molecule has 0 saturated carbocycles. The molecule has 1 saturated heterocycles. The number of hydrogen-bond donors (Lipinski definition) is 2. The fourth-order valence-corrected chi connectivity index (χ4v) is 5.39. The molecule has 1 unspecified atom stereocenters. The Hall–Kier alpha value is -0.670. The third-order valence-corrected chi connectivity index (χ3v) is 7.01. The van der Waals surface area contributed by atoms with Gasteiger partial charge in [0.05, 0.1) is 23.0 Å². The van der Waals surface area contributed by atoms with Gasteiger partial charge in [0.15, 0.2) is 9.84 Å². The fraction of sp³-hybridized carbons (Fsp3) is 0.500. The van der Waals surface area contributed by atoms with Crippen LogP contribution < -0.4 is 4.72 Å². The first-order valence-electron chi connectivity index (χ1n) is 6.33. The van der Waals surface area contributed by atoms with E-state index in [1.165, 1.54) is 18.2 Å². The van der Waals surface area contributed by atoms with Crippen LogP contribution in [-0.4, -0.2) is 40.0 Å². The van der Waals surface area contributed by atoms with Gasteiger partial charge in [-0.1, -0.05) is 11.6 Å². The minimum atomic E-state index is -3.75. The van der Waals surface area contributed by atoms with Crippen LogP contribution in [0.2, 0.25) is 5.02 Å². The zero-order valence-corrected chi connectivity index (χ0v) is 13.5. The molecule has 0 amide bonds. The van der Waals surface area contributed by atoms with E-state index in [1.807, 2.05) is 0 Å². The molecule has 1 fully saturated rings. The van der Waals surface area contributed by atoms with Crippen LogP contribution in [0.25, 0.3) is 0 Å². The quantitative estimate of drug-likeness (QED) is 0.805. The van der Waals surface area contributed by atoms with Crippen molar-refractivity contribution in [3.05, 3.63) is 28.8 Å². The predicted octanol–water partition coefficient (Wildman–Crippen LogP) is 0.545. The highest BCUT2D eigenvalue weighted by Gasteiger charge is 2.29. The van der Waals surface area contributed by atoms with Crippen LogP contribution in [0, 0.1) is 5.92 Å².